The molecular formula is C17H17ClFN5O. The van der Waals surface area contributed by atoms with Crippen LogP contribution in [0, 0.1) is 11.7 Å². The first kappa shape index (κ1) is 17.3. The first-order valence-corrected chi connectivity index (χ1v) is 8.12. The molecule has 0 aliphatic rings. The summed E-state index contributed by atoms with van der Waals surface area (Å²) >= 11 is 6.00. The molecule has 0 radical (unpaired) electrons. The van der Waals surface area contributed by atoms with E-state index in [-0.39, 0.29) is 11.7 Å². The molecule has 3 rings (SSSR count). The smallest absolute Gasteiger partial charge is 0.183 e. The molecule has 0 bridgehead atoms. The lowest BCUT2D eigenvalue weighted by molar-refractivity contribution is -0.112. The van der Waals surface area contributed by atoms with Crippen LogP contribution in [-0.4, -0.2) is 31.8 Å². The fourth-order valence-electron chi connectivity index (χ4n) is 2.31. The first-order valence-electron chi connectivity index (χ1n) is 7.74. The predicted molar refractivity (Wildman–Crippen MR) is 95.0 cm³/mol. The molecule has 0 saturated heterocycles. The van der Waals surface area contributed by atoms with Crippen LogP contribution < -0.4 is 5.32 Å². The molecule has 0 aliphatic carbocycles. The van der Waals surface area contributed by atoms with Crippen molar-refractivity contribution in [2.75, 3.05) is 5.32 Å². The van der Waals surface area contributed by atoms with Gasteiger partial charge in [0.05, 0.1) is 16.8 Å². The Balaban J connectivity index is 2.07. The summed E-state index contributed by atoms with van der Waals surface area (Å²) in [6.07, 6.45) is 5.05. The molecule has 0 spiro atoms. The van der Waals surface area contributed by atoms with Crippen LogP contribution >= 0.6 is 11.6 Å². The first-order chi connectivity index (χ1) is 11.8. The Morgan fingerprint density at radius 1 is 1.36 bits per heavy atom. The molecule has 0 aromatic carbocycles. The number of nitrogens with one attached hydrogen (secondary N) is 2. The van der Waals surface area contributed by atoms with E-state index in [4.69, 9.17) is 11.6 Å². The third-order valence-electron chi connectivity index (χ3n) is 4.31. The Bertz CT molecular complexity index is 942. The summed E-state index contributed by atoms with van der Waals surface area (Å²) in [6.45, 7) is 5.44. The standard InChI is InChI=1S/C17H17ClFN5O/c1-9(2)17(3,8-25)24-16-13(19)7-22-15(23-16)12-6-21-14-11(12)4-10(18)5-20-14/h4-9H,1-3H3,(H,20,21)(H,22,23,24). The Hall–Kier alpha value is -2.54. The second-order valence-electron chi connectivity index (χ2n) is 6.32. The van der Waals surface area contributed by atoms with E-state index >= 15 is 0 Å². The van der Waals surface area contributed by atoms with Gasteiger partial charge in [0, 0.05) is 23.3 Å². The second kappa shape index (κ2) is 6.40. The maximum Gasteiger partial charge on any atom is 0.183 e. The van der Waals surface area contributed by atoms with Crippen LogP contribution in [0.15, 0.2) is 24.7 Å². The lowest BCUT2D eigenvalue weighted by Gasteiger charge is -2.29. The number of carbonyl (C=O) groups excluding carboxylic acids is 1. The van der Waals surface area contributed by atoms with E-state index in [1.54, 1.807) is 19.2 Å². The number of fused-ring (bicyclic) bond motifs is 1. The molecule has 1 atom stereocenters. The lowest BCUT2D eigenvalue weighted by Crippen LogP contribution is -2.42. The summed E-state index contributed by atoms with van der Waals surface area (Å²) in [5, 5.41) is 4.09. The monoisotopic (exact) mass is 361 g/mol. The minimum absolute atomic E-state index is 0.0300. The Labute approximate surface area is 148 Å². The average molecular weight is 362 g/mol. The van der Waals surface area contributed by atoms with Crippen molar-refractivity contribution in [2.24, 2.45) is 5.92 Å². The molecule has 6 nitrogen and oxygen atoms in total. The van der Waals surface area contributed by atoms with Gasteiger partial charge in [-0.15, -0.1) is 0 Å². The van der Waals surface area contributed by atoms with E-state index in [0.717, 1.165) is 17.9 Å². The Morgan fingerprint density at radius 3 is 2.80 bits per heavy atom. The number of H-pyrrole nitrogens is 1. The van der Waals surface area contributed by atoms with E-state index in [2.05, 4.69) is 25.3 Å². The van der Waals surface area contributed by atoms with Gasteiger partial charge < -0.3 is 15.1 Å². The second-order valence-corrected chi connectivity index (χ2v) is 6.76. The maximum absolute atomic E-state index is 14.2. The van der Waals surface area contributed by atoms with Crippen molar-refractivity contribution in [3.63, 3.8) is 0 Å². The number of halogens is 2. The highest BCUT2D eigenvalue weighted by atomic mass is 35.5. The van der Waals surface area contributed by atoms with Crippen LogP contribution in [0.4, 0.5) is 10.2 Å². The van der Waals surface area contributed by atoms with Gasteiger partial charge in [0.15, 0.2) is 17.5 Å². The predicted octanol–water partition coefficient (Wildman–Crippen LogP) is 3.84. The average Bonchev–Trinajstić information content (AvgIpc) is 2.99. The van der Waals surface area contributed by atoms with Crippen LogP contribution in [0.1, 0.15) is 20.8 Å². The number of nitrogens with zero attached hydrogens (tertiary/aromatic N) is 3. The topological polar surface area (TPSA) is 83.6 Å². The molecule has 25 heavy (non-hydrogen) atoms. The molecular weight excluding hydrogens is 345 g/mol. The van der Waals surface area contributed by atoms with Gasteiger partial charge in [-0.1, -0.05) is 25.4 Å². The molecule has 0 saturated carbocycles. The van der Waals surface area contributed by atoms with Gasteiger partial charge in [-0.25, -0.2) is 19.3 Å². The highest BCUT2D eigenvalue weighted by Crippen LogP contribution is 2.29. The third kappa shape index (κ3) is 3.19. The van der Waals surface area contributed by atoms with Gasteiger partial charge in [-0.2, -0.15) is 0 Å². The zero-order valence-corrected chi connectivity index (χ0v) is 14.7. The molecule has 3 aromatic rings. The quantitative estimate of drug-likeness (QED) is 0.674. The number of aldehydes is 1. The summed E-state index contributed by atoms with van der Waals surface area (Å²) in [6, 6.07) is 1.74. The SMILES string of the molecule is CC(C)C(C)(C=O)Nc1nc(-c2c[nH]c3ncc(Cl)cc23)ncc1F. The van der Waals surface area contributed by atoms with Crippen LogP contribution in [-0.2, 0) is 4.79 Å². The van der Waals surface area contributed by atoms with Crippen LogP contribution in [0.25, 0.3) is 22.4 Å². The van der Waals surface area contributed by atoms with Gasteiger partial charge in [0.1, 0.15) is 11.9 Å². The van der Waals surface area contributed by atoms with Gasteiger partial charge in [0.2, 0.25) is 0 Å². The van der Waals surface area contributed by atoms with Crippen LogP contribution in [0.3, 0.4) is 0 Å². The summed E-state index contributed by atoms with van der Waals surface area (Å²) in [5.74, 6) is -0.416. The fraction of sp³-hybridized carbons (Fsp3) is 0.294. The number of carbonyl (C=O) groups is 1. The molecule has 8 heteroatoms. The number of aromatic amines is 1. The Kier molecular flexibility index (Phi) is 4.43. The molecule has 3 heterocycles. The van der Waals surface area contributed by atoms with Crippen molar-refractivity contribution in [3.05, 3.63) is 35.5 Å². The maximum atomic E-state index is 14.2. The van der Waals surface area contributed by atoms with E-state index < -0.39 is 11.4 Å². The number of hydrogen-bond acceptors (Lipinski definition) is 5. The van der Waals surface area contributed by atoms with Crippen molar-refractivity contribution >= 4 is 34.7 Å². The van der Waals surface area contributed by atoms with Gasteiger partial charge >= 0.3 is 0 Å². The zero-order valence-electron chi connectivity index (χ0n) is 14.0. The number of hydrogen-bond donors (Lipinski definition) is 2. The number of anilines is 1. The normalized spacial score (nSPS) is 13.8. The number of aromatic nitrogens is 4. The molecule has 2 N–H and O–H groups in total. The molecule has 130 valence electrons. The Morgan fingerprint density at radius 2 is 2.12 bits per heavy atom. The highest BCUT2D eigenvalue weighted by molar-refractivity contribution is 6.31. The van der Waals surface area contributed by atoms with E-state index in [1.807, 2.05) is 13.8 Å². The molecule has 3 aromatic heterocycles. The van der Waals surface area contributed by atoms with Crippen LogP contribution in [0.5, 0.6) is 0 Å². The zero-order chi connectivity index (χ0) is 18.2. The third-order valence-corrected chi connectivity index (χ3v) is 4.52. The summed E-state index contributed by atoms with van der Waals surface area (Å²) in [7, 11) is 0. The van der Waals surface area contributed by atoms with Crippen molar-refractivity contribution < 1.29 is 9.18 Å². The van der Waals surface area contributed by atoms with Crippen molar-refractivity contribution in [1.29, 1.82) is 0 Å². The number of rotatable bonds is 5. The minimum Gasteiger partial charge on any atom is -0.355 e. The molecule has 0 aliphatic heterocycles. The van der Waals surface area contributed by atoms with E-state index in [9.17, 15) is 9.18 Å². The van der Waals surface area contributed by atoms with Gasteiger partial charge in [-0.3, -0.25) is 0 Å². The van der Waals surface area contributed by atoms with Gasteiger partial charge in [0.25, 0.3) is 0 Å². The molecule has 1 unspecified atom stereocenters. The van der Waals surface area contributed by atoms with Crippen molar-refractivity contribution in [2.45, 2.75) is 26.3 Å². The summed E-state index contributed by atoms with van der Waals surface area (Å²) in [4.78, 5) is 27.0. The van der Waals surface area contributed by atoms with Crippen LogP contribution in [0.2, 0.25) is 5.02 Å². The van der Waals surface area contributed by atoms with E-state index in [1.165, 1.54) is 6.20 Å². The van der Waals surface area contributed by atoms with Gasteiger partial charge in [-0.05, 0) is 18.9 Å². The van der Waals surface area contributed by atoms with E-state index in [0.29, 0.717) is 22.1 Å². The molecule has 0 amide bonds. The largest absolute Gasteiger partial charge is 0.355 e. The highest BCUT2D eigenvalue weighted by Gasteiger charge is 2.29. The lowest BCUT2D eigenvalue weighted by atomic mass is 9.90. The summed E-state index contributed by atoms with van der Waals surface area (Å²) < 4.78 is 14.2. The molecule has 0 fully saturated rings. The minimum atomic E-state index is -0.947. The van der Waals surface area contributed by atoms with Crippen molar-refractivity contribution in [1.82, 2.24) is 19.9 Å². The van der Waals surface area contributed by atoms with Crippen molar-refractivity contribution in [3.8, 4) is 11.4 Å². The fourth-order valence-corrected chi connectivity index (χ4v) is 2.47. The number of pyridine rings is 1. The summed E-state index contributed by atoms with van der Waals surface area (Å²) in [5.41, 5.74) is 0.324.